The normalized spacial score (nSPS) is 17.0. The van der Waals surface area contributed by atoms with Crippen molar-refractivity contribution in [3.63, 3.8) is 0 Å². The lowest BCUT2D eigenvalue weighted by Crippen LogP contribution is -2.35. The van der Waals surface area contributed by atoms with E-state index in [2.05, 4.69) is 21.4 Å². The average molecular weight is 294 g/mol. The molecule has 4 rings (SSSR count). The molecular weight excluding hydrogens is 276 g/mol. The summed E-state index contributed by atoms with van der Waals surface area (Å²) in [6.07, 6.45) is 7.61. The third kappa shape index (κ3) is 2.54. The molecule has 1 amide bonds. The molecule has 1 N–H and O–H groups in total. The smallest absolute Gasteiger partial charge is 0.261 e. The molecule has 0 spiro atoms. The van der Waals surface area contributed by atoms with Crippen LogP contribution in [0.1, 0.15) is 35.2 Å². The van der Waals surface area contributed by atoms with Crippen LogP contribution in [0, 0.1) is 0 Å². The molecule has 112 valence electrons. The minimum atomic E-state index is -0.0230. The lowest BCUT2D eigenvalue weighted by molar-refractivity contribution is 0.0984. The van der Waals surface area contributed by atoms with Crippen molar-refractivity contribution in [1.29, 1.82) is 0 Å². The fourth-order valence-corrected chi connectivity index (χ4v) is 2.82. The SMILES string of the molecule is O=C(c1cnc(NC2CC2)nc1)N1CCCc2ccccc21. The standard InChI is InChI=1S/C17H18N4O/c22-16(13-10-18-17(19-11-13)20-14-7-8-14)21-9-3-5-12-4-1-2-6-15(12)21/h1-2,4,6,10-11,14H,3,5,7-9H2,(H,18,19,20). The van der Waals surface area contributed by atoms with Crippen LogP contribution in [0.4, 0.5) is 11.6 Å². The van der Waals surface area contributed by atoms with Gasteiger partial charge in [-0.05, 0) is 37.3 Å². The molecule has 1 aliphatic carbocycles. The zero-order valence-corrected chi connectivity index (χ0v) is 12.3. The maximum atomic E-state index is 12.7. The number of hydrogen-bond donors (Lipinski definition) is 1. The van der Waals surface area contributed by atoms with Gasteiger partial charge in [0.1, 0.15) is 0 Å². The highest BCUT2D eigenvalue weighted by atomic mass is 16.2. The molecule has 0 radical (unpaired) electrons. The molecule has 2 aliphatic rings. The van der Waals surface area contributed by atoms with Crippen LogP contribution in [0.25, 0.3) is 0 Å². The summed E-state index contributed by atoms with van der Waals surface area (Å²) < 4.78 is 0. The number of carbonyl (C=O) groups is 1. The summed E-state index contributed by atoms with van der Waals surface area (Å²) in [7, 11) is 0. The minimum Gasteiger partial charge on any atom is -0.351 e. The van der Waals surface area contributed by atoms with E-state index in [-0.39, 0.29) is 5.91 Å². The number of aryl methyl sites for hydroxylation is 1. The van der Waals surface area contributed by atoms with Crippen molar-refractivity contribution in [3.05, 3.63) is 47.8 Å². The van der Waals surface area contributed by atoms with Crippen LogP contribution in [0.3, 0.4) is 0 Å². The number of hydrogen-bond acceptors (Lipinski definition) is 4. The van der Waals surface area contributed by atoms with Gasteiger partial charge in [0.05, 0.1) is 5.56 Å². The number of nitrogens with zero attached hydrogens (tertiary/aromatic N) is 3. The van der Waals surface area contributed by atoms with Crippen molar-refractivity contribution in [3.8, 4) is 0 Å². The van der Waals surface area contributed by atoms with Gasteiger partial charge >= 0.3 is 0 Å². The molecular formula is C17H18N4O. The van der Waals surface area contributed by atoms with E-state index >= 15 is 0 Å². The Labute approximate surface area is 129 Å². The lowest BCUT2D eigenvalue weighted by atomic mass is 10.0. The van der Waals surface area contributed by atoms with E-state index in [1.165, 1.54) is 18.4 Å². The second-order valence-electron chi connectivity index (χ2n) is 5.90. The zero-order valence-electron chi connectivity index (χ0n) is 12.3. The molecule has 1 fully saturated rings. The first-order valence-electron chi connectivity index (χ1n) is 7.79. The predicted octanol–water partition coefficient (Wildman–Crippen LogP) is 2.64. The Morgan fingerprint density at radius 1 is 1.18 bits per heavy atom. The summed E-state index contributed by atoms with van der Waals surface area (Å²) in [5, 5.41) is 3.23. The number of carbonyl (C=O) groups excluding carboxylic acids is 1. The number of rotatable bonds is 3. The van der Waals surface area contributed by atoms with E-state index in [1.807, 2.05) is 23.1 Å². The second kappa shape index (κ2) is 5.40. The molecule has 5 nitrogen and oxygen atoms in total. The van der Waals surface area contributed by atoms with Crippen LogP contribution in [-0.2, 0) is 6.42 Å². The number of fused-ring (bicyclic) bond motifs is 1. The van der Waals surface area contributed by atoms with Crippen molar-refractivity contribution in [2.45, 2.75) is 31.7 Å². The van der Waals surface area contributed by atoms with Gasteiger partial charge in [0.15, 0.2) is 0 Å². The molecule has 1 aromatic carbocycles. The molecule has 22 heavy (non-hydrogen) atoms. The summed E-state index contributed by atoms with van der Waals surface area (Å²) in [6.45, 7) is 0.748. The minimum absolute atomic E-state index is 0.0230. The number of benzene rings is 1. The van der Waals surface area contributed by atoms with E-state index in [0.717, 1.165) is 25.1 Å². The third-order valence-electron chi connectivity index (χ3n) is 4.16. The Kier molecular flexibility index (Phi) is 3.25. The molecule has 0 saturated heterocycles. The lowest BCUT2D eigenvalue weighted by Gasteiger charge is -2.29. The van der Waals surface area contributed by atoms with Crippen molar-refractivity contribution >= 4 is 17.5 Å². The molecule has 5 heteroatoms. The summed E-state index contributed by atoms with van der Waals surface area (Å²) >= 11 is 0. The topological polar surface area (TPSA) is 58.1 Å². The van der Waals surface area contributed by atoms with Gasteiger partial charge in [-0.2, -0.15) is 0 Å². The third-order valence-corrected chi connectivity index (χ3v) is 4.16. The Morgan fingerprint density at radius 2 is 1.95 bits per heavy atom. The number of nitrogens with one attached hydrogen (secondary N) is 1. The van der Waals surface area contributed by atoms with E-state index in [9.17, 15) is 4.79 Å². The number of para-hydroxylation sites is 1. The van der Waals surface area contributed by atoms with Gasteiger partial charge in [0.2, 0.25) is 5.95 Å². The number of anilines is 2. The first-order chi connectivity index (χ1) is 10.8. The highest BCUT2D eigenvalue weighted by Crippen LogP contribution is 2.28. The van der Waals surface area contributed by atoms with Gasteiger partial charge in [0, 0.05) is 30.7 Å². The quantitative estimate of drug-likeness (QED) is 0.945. The van der Waals surface area contributed by atoms with Crippen LogP contribution in [-0.4, -0.2) is 28.5 Å². The van der Waals surface area contributed by atoms with Crippen molar-refractivity contribution in [1.82, 2.24) is 9.97 Å². The summed E-state index contributed by atoms with van der Waals surface area (Å²) in [5.74, 6) is 0.586. The maximum Gasteiger partial charge on any atom is 0.261 e. The fourth-order valence-electron chi connectivity index (χ4n) is 2.82. The van der Waals surface area contributed by atoms with Gasteiger partial charge in [0.25, 0.3) is 5.91 Å². The van der Waals surface area contributed by atoms with E-state index in [4.69, 9.17) is 0 Å². The van der Waals surface area contributed by atoms with Crippen LogP contribution in [0.15, 0.2) is 36.7 Å². The molecule has 2 aromatic rings. The van der Waals surface area contributed by atoms with E-state index < -0.39 is 0 Å². The maximum absolute atomic E-state index is 12.7. The monoisotopic (exact) mass is 294 g/mol. The van der Waals surface area contributed by atoms with Crippen molar-refractivity contribution in [2.75, 3.05) is 16.8 Å². The summed E-state index contributed by atoms with van der Waals surface area (Å²) in [5.41, 5.74) is 2.78. The van der Waals surface area contributed by atoms with E-state index in [1.54, 1.807) is 12.4 Å². The van der Waals surface area contributed by atoms with Gasteiger partial charge in [-0.3, -0.25) is 4.79 Å². The largest absolute Gasteiger partial charge is 0.351 e. The zero-order chi connectivity index (χ0) is 14.9. The first kappa shape index (κ1) is 13.2. The summed E-state index contributed by atoms with van der Waals surface area (Å²) in [4.78, 5) is 23.1. The molecule has 1 aromatic heterocycles. The Balaban J connectivity index is 1.56. The number of aromatic nitrogens is 2. The average Bonchev–Trinajstić information content (AvgIpc) is 3.38. The van der Waals surface area contributed by atoms with Gasteiger partial charge in [-0.1, -0.05) is 18.2 Å². The van der Waals surface area contributed by atoms with Gasteiger partial charge in [-0.15, -0.1) is 0 Å². The Bertz CT molecular complexity index is 694. The number of amides is 1. The summed E-state index contributed by atoms with van der Waals surface area (Å²) in [6, 6.07) is 8.61. The van der Waals surface area contributed by atoms with Crippen molar-refractivity contribution in [2.24, 2.45) is 0 Å². The van der Waals surface area contributed by atoms with Crippen LogP contribution in [0.2, 0.25) is 0 Å². The fraction of sp³-hybridized carbons (Fsp3) is 0.353. The molecule has 0 bridgehead atoms. The van der Waals surface area contributed by atoms with Crippen molar-refractivity contribution < 1.29 is 4.79 Å². The molecule has 2 heterocycles. The first-order valence-corrected chi connectivity index (χ1v) is 7.79. The molecule has 0 atom stereocenters. The predicted molar refractivity (Wildman–Crippen MR) is 85.1 cm³/mol. The Morgan fingerprint density at radius 3 is 2.73 bits per heavy atom. The molecule has 0 unspecified atom stereocenters. The Hall–Kier alpha value is -2.43. The van der Waals surface area contributed by atoms with Crippen LogP contribution in [0.5, 0.6) is 0 Å². The van der Waals surface area contributed by atoms with Gasteiger partial charge in [-0.25, -0.2) is 9.97 Å². The van der Waals surface area contributed by atoms with E-state index in [0.29, 0.717) is 17.6 Å². The van der Waals surface area contributed by atoms with Gasteiger partial charge < -0.3 is 10.2 Å². The molecule has 1 aliphatic heterocycles. The highest BCUT2D eigenvalue weighted by molar-refractivity contribution is 6.06. The van der Waals surface area contributed by atoms with Crippen LogP contribution >= 0.6 is 0 Å². The highest BCUT2D eigenvalue weighted by Gasteiger charge is 2.25. The second-order valence-corrected chi connectivity index (χ2v) is 5.90. The van der Waals surface area contributed by atoms with Crippen LogP contribution < -0.4 is 10.2 Å². The molecule has 1 saturated carbocycles.